The van der Waals surface area contributed by atoms with Gasteiger partial charge in [0.2, 0.25) is 0 Å². The number of hydrogen-bond donors (Lipinski definition) is 3. The second kappa shape index (κ2) is 9.35. The number of rotatable bonds is 7. The fraction of sp³-hybridized carbons (Fsp3) is 0.190. The molecule has 31 heavy (non-hydrogen) atoms. The summed E-state index contributed by atoms with van der Waals surface area (Å²) in [5.74, 6) is -1.33. The van der Waals surface area contributed by atoms with Gasteiger partial charge in [-0.2, -0.15) is 0 Å². The van der Waals surface area contributed by atoms with Crippen molar-refractivity contribution in [2.24, 2.45) is 0 Å². The normalized spacial score (nSPS) is 10.4. The first-order chi connectivity index (χ1) is 14.8. The molecule has 1 aromatic heterocycles. The zero-order valence-electron chi connectivity index (χ0n) is 17.0. The lowest BCUT2D eigenvalue weighted by Crippen LogP contribution is -2.21. The average molecular weight is 444 g/mol. The lowest BCUT2D eigenvalue weighted by molar-refractivity contribution is -0.119. The van der Waals surface area contributed by atoms with E-state index in [0.717, 1.165) is 0 Å². The van der Waals surface area contributed by atoms with Gasteiger partial charge in [0.25, 0.3) is 5.91 Å². The van der Waals surface area contributed by atoms with E-state index in [9.17, 15) is 19.8 Å². The van der Waals surface area contributed by atoms with Crippen LogP contribution in [0, 0.1) is 6.92 Å². The number of carbonyl (C=O) groups excluding carboxylic acids is 2. The maximum atomic E-state index is 12.1. The van der Waals surface area contributed by atoms with Crippen molar-refractivity contribution in [3.8, 4) is 34.3 Å². The highest BCUT2D eigenvalue weighted by molar-refractivity contribution is 7.14. The SMILES string of the molecule is COc1ccc(OC)c(-c2csc(NC(=O)COC(=O)c3ccc(C)c(O)c3O)n2)c1. The maximum Gasteiger partial charge on any atom is 0.342 e. The lowest BCUT2D eigenvalue weighted by Gasteiger charge is -2.09. The van der Waals surface area contributed by atoms with Crippen LogP contribution in [-0.4, -0.2) is 47.9 Å². The van der Waals surface area contributed by atoms with E-state index in [1.165, 1.54) is 23.5 Å². The summed E-state index contributed by atoms with van der Waals surface area (Å²) in [7, 11) is 3.09. The summed E-state index contributed by atoms with van der Waals surface area (Å²) in [5, 5.41) is 24.2. The Hall–Kier alpha value is -3.79. The van der Waals surface area contributed by atoms with Crippen molar-refractivity contribution in [2.75, 3.05) is 26.1 Å². The second-order valence-corrected chi connectivity index (χ2v) is 7.21. The number of carbonyl (C=O) groups is 2. The molecular weight excluding hydrogens is 424 g/mol. The number of aromatic nitrogens is 1. The van der Waals surface area contributed by atoms with Gasteiger partial charge in [-0.1, -0.05) is 6.07 Å². The van der Waals surface area contributed by atoms with Crippen LogP contribution in [0.5, 0.6) is 23.0 Å². The molecule has 162 valence electrons. The van der Waals surface area contributed by atoms with Gasteiger partial charge in [-0.05, 0) is 36.8 Å². The van der Waals surface area contributed by atoms with Gasteiger partial charge >= 0.3 is 5.97 Å². The number of aromatic hydroxyl groups is 2. The number of thiazole rings is 1. The van der Waals surface area contributed by atoms with E-state index in [0.29, 0.717) is 33.5 Å². The average Bonchev–Trinajstić information content (AvgIpc) is 3.23. The molecule has 3 N–H and O–H groups in total. The zero-order valence-corrected chi connectivity index (χ0v) is 17.8. The molecule has 3 rings (SSSR count). The highest BCUT2D eigenvalue weighted by atomic mass is 32.1. The molecule has 0 saturated carbocycles. The van der Waals surface area contributed by atoms with Gasteiger partial charge in [-0.15, -0.1) is 11.3 Å². The molecule has 1 amide bonds. The largest absolute Gasteiger partial charge is 0.504 e. The number of amides is 1. The number of hydrogen-bond acceptors (Lipinski definition) is 9. The number of nitrogens with one attached hydrogen (secondary N) is 1. The van der Waals surface area contributed by atoms with E-state index >= 15 is 0 Å². The third-order valence-electron chi connectivity index (χ3n) is 4.34. The van der Waals surface area contributed by atoms with Crippen LogP contribution in [0.15, 0.2) is 35.7 Å². The van der Waals surface area contributed by atoms with Crippen molar-refractivity contribution in [1.82, 2.24) is 4.98 Å². The van der Waals surface area contributed by atoms with Crippen LogP contribution in [0.3, 0.4) is 0 Å². The number of ether oxygens (including phenoxy) is 3. The first-order valence-electron chi connectivity index (χ1n) is 9.00. The van der Waals surface area contributed by atoms with E-state index in [-0.39, 0.29) is 5.56 Å². The molecule has 10 heteroatoms. The molecule has 9 nitrogen and oxygen atoms in total. The summed E-state index contributed by atoms with van der Waals surface area (Å²) < 4.78 is 15.5. The van der Waals surface area contributed by atoms with E-state index < -0.39 is 30.0 Å². The standard InChI is InChI=1S/C21H20N2O7S/c1-11-4-6-13(19(26)18(11)25)20(27)30-9-17(24)23-21-22-15(10-31-21)14-8-12(28-2)5-7-16(14)29-3/h4-8,10,25-26H,9H2,1-3H3,(H,22,23,24). The zero-order chi connectivity index (χ0) is 22.5. The van der Waals surface area contributed by atoms with Crippen molar-refractivity contribution in [1.29, 1.82) is 0 Å². The Kier molecular flexibility index (Phi) is 6.61. The van der Waals surface area contributed by atoms with Crippen LogP contribution in [0.25, 0.3) is 11.3 Å². The lowest BCUT2D eigenvalue weighted by atomic mass is 10.1. The first kappa shape index (κ1) is 21.9. The second-order valence-electron chi connectivity index (χ2n) is 6.36. The van der Waals surface area contributed by atoms with Crippen LogP contribution in [0.2, 0.25) is 0 Å². The van der Waals surface area contributed by atoms with Crippen LogP contribution in [0.1, 0.15) is 15.9 Å². The van der Waals surface area contributed by atoms with E-state index in [1.54, 1.807) is 44.7 Å². The van der Waals surface area contributed by atoms with Crippen molar-refractivity contribution in [3.05, 3.63) is 46.8 Å². The minimum absolute atomic E-state index is 0.238. The smallest absolute Gasteiger partial charge is 0.342 e. The Morgan fingerprint density at radius 3 is 2.58 bits per heavy atom. The summed E-state index contributed by atoms with van der Waals surface area (Å²) >= 11 is 1.19. The van der Waals surface area contributed by atoms with Crippen molar-refractivity contribution < 1.29 is 34.0 Å². The van der Waals surface area contributed by atoms with Crippen molar-refractivity contribution in [2.45, 2.75) is 6.92 Å². The maximum absolute atomic E-state index is 12.1. The third kappa shape index (κ3) is 4.86. The number of methoxy groups -OCH3 is 2. The Morgan fingerprint density at radius 1 is 1.10 bits per heavy atom. The van der Waals surface area contributed by atoms with Crippen molar-refractivity contribution >= 4 is 28.3 Å². The van der Waals surface area contributed by atoms with Crippen LogP contribution < -0.4 is 14.8 Å². The Balaban J connectivity index is 1.64. The summed E-state index contributed by atoms with van der Waals surface area (Å²) in [4.78, 5) is 28.6. The van der Waals surface area contributed by atoms with Crippen molar-refractivity contribution in [3.63, 3.8) is 0 Å². The predicted octanol–water partition coefficient (Wildman–Crippen LogP) is 3.34. The number of benzene rings is 2. The van der Waals surface area contributed by atoms with Gasteiger partial charge in [-0.3, -0.25) is 10.1 Å². The van der Waals surface area contributed by atoms with E-state index in [4.69, 9.17) is 14.2 Å². The summed E-state index contributed by atoms with van der Waals surface area (Å²) in [6.07, 6.45) is 0. The molecule has 2 aromatic carbocycles. The first-order valence-corrected chi connectivity index (χ1v) is 9.88. The molecule has 0 unspecified atom stereocenters. The molecule has 0 aliphatic carbocycles. The van der Waals surface area contributed by atoms with Crippen LogP contribution >= 0.6 is 11.3 Å². The molecule has 0 atom stereocenters. The van der Waals surface area contributed by atoms with Gasteiger partial charge in [-0.25, -0.2) is 9.78 Å². The quantitative estimate of drug-likeness (QED) is 0.374. The minimum atomic E-state index is -0.941. The van der Waals surface area contributed by atoms with Crippen LogP contribution in [0.4, 0.5) is 5.13 Å². The predicted molar refractivity (Wildman–Crippen MR) is 114 cm³/mol. The monoisotopic (exact) mass is 444 g/mol. The Labute approximate surface area is 181 Å². The highest BCUT2D eigenvalue weighted by Gasteiger charge is 2.19. The van der Waals surface area contributed by atoms with E-state index in [2.05, 4.69) is 10.3 Å². The topological polar surface area (TPSA) is 127 Å². The Bertz CT molecular complexity index is 1130. The van der Waals surface area contributed by atoms with Gasteiger partial charge in [0.1, 0.15) is 17.1 Å². The molecule has 0 radical (unpaired) electrons. The molecule has 0 aliphatic heterocycles. The number of phenolic OH excluding ortho intramolecular Hbond substituents is 2. The summed E-state index contributed by atoms with van der Waals surface area (Å²) in [6, 6.07) is 8.04. The number of phenols is 2. The van der Waals surface area contributed by atoms with Gasteiger partial charge < -0.3 is 24.4 Å². The number of aryl methyl sites for hydroxylation is 1. The molecule has 0 spiro atoms. The molecule has 0 aliphatic rings. The molecule has 0 saturated heterocycles. The summed E-state index contributed by atoms with van der Waals surface area (Å²) in [6.45, 7) is 0.977. The molecule has 1 heterocycles. The fourth-order valence-electron chi connectivity index (χ4n) is 2.68. The Morgan fingerprint density at radius 2 is 1.87 bits per heavy atom. The third-order valence-corrected chi connectivity index (χ3v) is 5.10. The minimum Gasteiger partial charge on any atom is -0.504 e. The fourth-order valence-corrected chi connectivity index (χ4v) is 3.41. The molecular formula is C21H20N2O7S. The number of nitrogens with zero attached hydrogens (tertiary/aromatic N) is 1. The number of anilines is 1. The number of esters is 1. The van der Waals surface area contributed by atoms with E-state index in [1.807, 2.05) is 0 Å². The van der Waals surface area contributed by atoms with Gasteiger partial charge in [0.05, 0.1) is 19.9 Å². The highest BCUT2D eigenvalue weighted by Crippen LogP contribution is 2.35. The van der Waals surface area contributed by atoms with Gasteiger partial charge in [0, 0.05) is 10.9 Å². The molecule has 0 fully saturated rings. The van der Waals surface area contributed by atoms with Crippen LogP contribution in [-0.2, 0) is 9.53 Å². The van der Waals surface area contributed by atoms with Gasteiger partial charge in [0.15, 0.2) is 23.2 Å². The molecule has 0 bridgehead atoms. The summed E-state index contributed by atoms with van der Waals surface area (Å²) in [5.41, 5.74) is 1.43. The molecule has 3 aromatic rings.